The van der Waals surface area contributed by atoms with Gasteiger partial charge in [0.1, 0.15) is 5.58 Å². The van der Waals surface area contributed by atoms with Gasteiger partial charge >= 0.3 is 0 Å². The number of hydrogen-bond acceptors (Lipinski definition) is 5. The zero-order valence-electron chi connectivity index (χ0n) is 19.3. The maximum atomic E-state index is 12.8. The highest BCUT2D eigenvalue weighted by Crippen LogP contribution is 2.35. The minimum atomic E-state index is -0.859. The number of benzene rings is 2. The van der Waals surface area contributed by atoms with E-state index in [0.717, 1.165) is 37.0 Å². The smallest absolute Gasteiger partial charge is 0.289 e. The molecule has 1 amide bonds. The van der Waals surface area contributed by atoms with E-state index in [2.05, 4.69) is 36.1 Å². The molecule has 1 N–H and O–H groups in total. The third-order valence-electron chi connectivity index (χ3n) is 7.08. The number of rotatable bonds is 5. The molecular formula is C27H32N2O4. The van der Waals surface area contributed by atoms with Gasteiger partial charge in [-0.05, 0) is 54.2 Å². The highest BCUT2D eigenvalue weighted by molar-refractivity contribution is 5.96. The van der Waals surface area contributed by atoms with Gasteiger partial charge in [0.25, 0.3) is 5.91 Å². The molecule has 33 heavy (non-hydrogen) atoms. The lowest BCUT2D eigenvalue weighted by molar-refractivity contribution is -0.0276. The number of carbonyl (C=O) groups is 1. The Hall–Kier alpha value is -2.67. The quantitative estimate of drug-likeness (QED) is 0.640. The summed E-state index contributed by atoms with van der Waals surface area (Å²) < 4.78 is 11.2. The van der Waals surface area contributed by atoms with Gasteiger partial charge in [-0.15, -0.1) is 0 Å². The number of hydrogen-bond donors (Lipinski definition) is 1. The van der Waals surface area contributed by atoms with Gasteiger partial charge in [-0.2, -0.15) is 0 Å². The number of ether oxygens (including phenoxy) is 1. The first-order valence-electron chi connectivity index (χ1n) is 12.0. The summed E-state index contributed by atoms with van der Waals surface area (Å²) in [7, 11) is 0. The Bertz CT molecular complexity index is 1110. The van der Waals surface area contributed by atoms with Crippen molar-refractivity contribution in [2.24, 2.45) is 0 Å². The second-order valence-corrected chi connectivity index (χ2v) is 9.25. The zero-order valence-corrected chi connectivity index (χ0v) is 19.3. The number of aryl methyl sites for hydroxylation is 1. The molecule has 0 radical (unpaired) electrons. The number of aliphatic hydroxyl groups is 1. The van der Waals surface area contributed by atoms with Crippen LogP contribution in [0.15, 0.2) is 52.9 Å². The van der Waals surface area contributed by atoms with E-state index in [0.29, 0.717) is 50.5 Å². The van der Waals surface area contributed by atoms with Crippen molar-refractivity contribution in [3.63, 3.8) is 0 Å². The lowest BCUT2D eigenvalue weighted by Gasteiger charge is -2.38. The molecule has 5 rings (SSSR count). The van der Waals surface area contributed by atoms with Gasteiger partial charge in [0.15, 0.2) is 5.76 Å². The standard InChI is InChI=1S/C27H32N2O4/c1-2-20-3-5-21(6-4-20)19-28-11-9-27(31,10-12-28)23-7-8-24-22(17-23)18-25(33-24)26(30)29-13-15-32-16-14-29/h3-8,17-18,31H,2,9-16,19H2,1H3. The number of morpholine rings is 1. The highest BCUT2D eigenvalue weighted by Gasteiger charge is 2.34. The van der Waals surface area contributed by atoms with Crippen LogP contribution in [0.1, 0.15) is 47.0 Å². The fourth-order valence-corrected chi connectivity index (χ4v) is 4.87. The third kappa shape index (κ3) is 4.69. The van der Waals surface area contributed by atoms with E-state index in [4.69, 9.17) is 9.15 Å². The molecule has 2 saturated heterocycles. The number of nitrogens with zero attached hydrogens (tertiary/aromatic N) is 2. The van der Waals surface area contributed by atoms with Gasteiger partial charge in [0, 0.05) is 38.1 Å². The SMILES string of the molecule is CCc1ccc(CN2CCC(O)(c3ccc4oc(C(=O)N5CCOCC5)cc4c3)CC2)cc1. The predicted octanol–water partition coefficient (Wildman–Crippen LogP) is 3.95. The van der Waals surface area contributed by atoms with Crippen LogP contribution in [0.25, 0.3) is 11.0 Å². The highest BCUT2D eigenvalue weighted by atomic mass is 16.5. The Morgan fingerprint density at radius 1 is 0.970 bits per heavy atom. The van der Waals surface area contributed by atoms with Crippen molar-refractivity contribution >= 4 is 16.9 Å². The molecule has 6 nitrogen and oxygen atoms in total. The first-order chi connectivity index (χ1) is 16.0. The molecule has 0 saturated carbocycles. The van der Waals surface area contributed by atoms with E-state index in [1.165, 1.54) is 11.1 Å². The summed E-state index contributed by atoms with van der Waals surface area (Å²) in [5, 5.41) is 12.3. The Kier molecular flexibility index (Phi) is 6.23. The summed E-state index contributed by atoms with van der Waals surface area (Å²) in [4.78, 5) is 16.9. The zero-order chi connectivity index (χ0) is 22.8. The first-order valence-corrected chi connectivity index (χ1v) is 12.0. The van der Waals surface area contributed by atoms with Crippen molar-refractivity contribution in [2.75, 3.05) is 39.4 Å². The summed E-state index contributed by atoms with van der Waals surface area (Å²) >= 11 is 0. The largest absolute Gasteiger partial charge is 0.451 e. The molecule has 2 aliphatic rings. The molecule has 2 aromatic carbocycles. The molecule has 3 aromatic rings. The summed E-state index contributed by atoms with van der Waals surface area (Å²) in [5.41, 5.74) is 3.38. The van der Waals surface area contributed by atoms with Crippen molar-refractivity contribution in [2.45, 2.75) is 38.3 Å². The van der Waals surface area contributed by atoms with E-state index < -0.39 is 5.60 Å². The monoisotopic (exact) mass is 448 g/mol. The maximum absolute atomic E-state index is 12.8. The molecule has 2 aliphatic heterocycles. The molecule has 6 heteroatoms. The Balaban J connectivity index is 1.26. The second-order valence-electron chi connectivity index (χ2n) is 9.25. The Morgan fingerprint density at radius 3 is 2.36 bits per heavy atom. The van der Waals surface area contributed by atoms with Crippen LogP contribution < -0.4 is 0 Å². The number of likely N-dealkylation sites (tertiary alicyclic amines) is 1. The Labute approximate surface area is 194 Å². The van der Waals surface area contributed by atoms with Crippen LogP contribution in [0.5, 0.6) is 0 Å². The van der Waals surface area contributed by atoms with Crippen molar-refractivity contribution in [1.82, 2.24) is 9.80 Å². The average Bonchev–Trinajstić information content (AvgIpc) is 3.30. The molecule has 0 atom stereocenters. The number of amides is 1. The van der Waals surface area contributed by atoms with Crippen molar-refractivity contribution in [3.8, 4) is 0 Å². The lowest BCUT2D eigenvalue weighted by atomic mass is 9.84. The van der Waals surface area contributed by atoms with E-state index in [1.54, 1.807) is 11.0 Å². The molecule has 174 valence electrons. The van der Waals surface area contributed by atoms with Crippen LogP contribution in [0.4, 0.5) is 0 Å². The van der Waals surface area contributed by atoms with Crippen LogP contribution in [-0.4, -0.2) is 60.2 Å². The molecule has 1 aromatic heterocycles. The van der Waals surface area contributed by atoms with Gasteiger partial charge < -0.3 is 19.2 Å². The second kappa shape index (κ2) is 9.29. The van der Waals surface area contributed by atoms with Crippen LogP contribution in [0.3, 0.4) is 0 Å². The molecule has 0 bridgehead atoms. The number of carbonyl (C=O) groups excluding carboxylic acids is 1. The van der Waals surface area contributed by atoms with Crippen molar-refractivity contribution in [3.05, 3.63) is 71.0 Å². The van der Waals surface area contributed by atoms with Crippen LogP contribution in [0, 0.1) is 0 Å². The van der Waals surface area contributed by atoms with E-state index in [1.807, 2.05) is 18.2 Å². The minimum absolute atomic E-state index is 0.102. The summed E-state index contributed by atoms with van der Waals surface area (Å²) in [6.45, 7) is 7.05. The maximum Gasteiger partial charge on any atom is 0.289 e. The molecule has 2 fully saturated rings. The summed E-state index contributed by atoms with van der Waals surface area (Å²) in [6, 6.07) is 16.4. The molecule has 0 spiro atoms. The Morgan fingerprint density at radius 2 is 1.67 bits per heavy atom. The normalized spacial score (nSPS) is 19.2. The minimum Gasteiger partial charge on any atom is -0.451 e. The van der Waals surface area contributed by atoms with Gasteiger partial charge in [0.05, 0.1) is 18.8 Å². The van der Waals surface area contributed by atoms with Gasteiger partial charge in [-0.1, -0.05) is 37.3 Å². The van der Waals surface area contributed by atoms with E-state index in [9.17, 15) is 9.90 Å². The lowest BCUT2D eigenvalue weighted by Crippen LogP contribution is -2.42. The number of fused-ring (bicyclic) bond motifs is 1. The third-order valence-corrected chi connectivity index (χ3v) is 7.08. The van der Waals surface area contributed by atoms with Crippen LogP contribution in [-0.2, 0) is 23.3 Å². The summed E-state index contributed by atoms with van der Waals surface area (Å²) in [5.74, 6) is 0.245. The molecule has 0 unspecified atom stereocenters. The van der Waals surface area contributed by atoms with Crippen molar-refractivity contribution in [1.29, 1.82) is 0 Å². The average molecular weight is 449 g/mol. The fourth-order valence-electron chi connectivity index (χ4n) is 4.87. The molecule has 3 heterocycles. The van der Waals surface area contributed by atoms with Gasteiger partial charge in [0.2, 0.25) is 0 Å². The van der Waals surface area contributed by atoms with Crippen LogP contribution in [0.2, 0.25) is 0 Å². The predicted molar refractivity (Wildman–Crippen MR) is 127 cm³/mol. The van der Waals surface area contributed by atoms with Gasteiger partial charge in [-0.25, -0.2) is 0 Å². The molecule has 0 aliphatic carbocycles. The topological polar surface area (TPSA) is 66.2 Å². The molecular weight excluding hydrogens is 416 g/mol. The van der Waals surface area contributed by atoms with E-state index in [-0.39, 0.29) is 5.91 Å². The number of furan rings is 1. The fraction of sp³-hybridized carbons (Fsp3) is 0.444. The summed E-state index contributed by atoms with van der Waals surface area (Å²) in [6.07, 6.45) is 2.42. The van der Waals surface area contributed by atoms with E-state index >= 15 is 0 Å². The van der Waals surface area contributed by atoms with Gasteiger partial charge in [-0.3, -0.25) is 9.69 Å². The number of piperidine rings is 1. The van der Waals surface area contributed by atoms with Crippen molar-refractivity contribution < 1.29 is 19.1 Å². The first kappa shape index (κ1) is 22.1. The van der Waals surface area contributed by atoms with Crippen LogP contribution >= 0.6 is 0 Å².